The Bertz CT molecular complexity index is 915. The molecule has 0 saturated heterocycles. The molecule has 1 aromatic carbocycles. The molecular weight excluding hydrogens is 372 g/mol. The Morgan fingerprint density at radius 2 is 1.93 bits per heavy atom. The van der Waals surface area contributed by atoms with E-state index < -0.39 is 5.66 Å². The van der Waals surface area contributed by atoms with Crippen molar-refractivity contribution in [1.82, 2.24) is 5.32 Å². The zero-order valence-corrected chi connectivity index (χ0v) is 16.4. The van der Waals surface area contributed by atoms with E-state index in [0.717, 1.165) is 37.0 Å². The zero-order valence-electron chi connectivity index (χ0n) is 15.6. The first kappa shape index (κ1) is 18.5. The second kappa shape index (κ2) is 7.63. The maximum Gasteiger partial charge on any atom is 0.253 e. The van der Waals surface area contributed by atoms with Crippen LogP contribution in [0.25, 0.3) is 0 Å². The SMILES string of the molecule is NC1=NC2(CCCCC2)N(c2ccccc2C(=O)NCc2cccs2)C(N)=N1. The maximum atomic E-state index is 13.0. The van der Waals surface area contributed by atoms with Gasteiger partial charge in [-0.25, -0.2) is 4.99 Å². The standard InChI is InChI=1S/C20H24N6OS/c21-18-24-19(22)26(20(25-18)10-4-1-5-11-20)16-9-3-2-8-15(16)17(27)23-13-14-7-6-12-28-14/h2-3,6-9,12H,1,4-5,10-11,13H2,(H,23,27)(H4,21,22,24,25). The highest BCUT2D eigenvalue weighted by molar-refractivity contribution is 7.09. The van der Waals surface area contributed by atoms with E-state index in [-0.39, 0.29) is 17.8 Å². The second-order valence-corrected chi connectivity index (χ2v) is 8.13. The summed E-state index contributed by atoms with van der Waals surface area (Å²) in [5.41, 5.74) is 13.0. The average molecular weight is 397 g/mol. The fourth-order valence-electron chi connectivity index (χ4n) is 4.01. The molecule has 0 bridgehead atoms. The van der Waals surface area contributed by atoms with Crippen LogP contribution in [0.1, 0.15) is 47.3 Å². The number of nitrogens with one attached hydrogen (secondary N) is 1. The molecule has 8 heteroatoms. The van der Waals surface area contributed by atoms with Gasteiger partial charge in [-0.1, -0.05) is 24.6 Å². The molecule has 1 fully saturated rings. The van der Waals surface area contributed by atoms with Crippen LogP contribution < -0.4 is 21.7 Å². The van der Waals surface area contributed by atoms with Gasteiger partial charge < -0.3 is 16.8 Å². The van der Waals surface area contributed by atoms with Gasteiger partial charge in [0.05, 0.1) is 17.8 Å². The van der Waals surface area contributed by atoms with Gasteiger partial charge in [0.2, 0.25) is 11.9 Å². The molecule has 2 aromatic rings. The molecule has 1 spiro atoms. The molecule has 1 aliphatic carbocycles. The lowest BCUT2D eigenvalue weighted by atomic mass is 9.87. The lowest BCUT2D eigenvalue weighted by Crippen LogP contribution is -2.58. The molecule has 2 heterocycles. The second-order valence-electron chi connectivity index (χ2n) is 7.10. The molecule has 1 aliphatic heterocycles. The fourth-order valence-corrected chi connectivity index (χ4v) is 4.65. The van der Waals surface area contributed by atoms with Crippen LogP contribution in [0.2, 0.25) is 0 Å². The Balaban J connectivity index is 1.68. The summed E-state index contributed by atoms with van der Waals surface area (Å²) in [7, 11) is 0. The molecule has 0 atom stereocenters. The Morgan fingerprint density at radius 1 is 1.14 bits per heavy atom. The number of nitrogens with zero attached hydrogens (tertiary/aromatic N) is 3. The normalized spacial score (nSPS) is 18.5. The number of hydrogen-bond donors (Lipinski definition) is 3. The largest absolute Gasteiger partial charge is 0.369 e. The number of guanidine groups is 2. The van der Waals surface area contributed by atoms with Crippen LogP contribution in [0.4, 0.5) is 5.69 Å². The third-order valence-electron chi connectivity index (χ3n) is 5.24. The van der Waals surface area contributed by atoms with Gasteiger partial charge >= 0.3 is 0 Å². The van der Waals surface area contributed by atoms with Crippen molar-refractivity contribution < 1.29 is 4.79 Å². The molecule has 5 N–H and O–H groups in total. The molecule has 7 nitrogen and oxygen atoms in total. The van der Waals surface area contributed by atoms with Crippen LogP contribution in [-0.2, 0) is 6.54 Å². The van der Waals surface area contributed by atoms with Gasteiger partial charge in [0.15, 0.2) is 0 Å². The van der Waals surface area contributed by atoms with Crippen molar-refractivity contribution in [2.45, 2.75) is 44.3 Å². The number of aliphatic imine (C=N–C) groups is 2. The minimum Gasteiger partial charge on any atom is -0.369 e. The molecule has 1 amide bonds. The fraction of sp³-hybridized carbons (Fsp3) is 0.350. The van der Waals surface area contributed by atoms with E-state index in [2.05, 4.69) is 10.3 Å². The van der Waals surface area contributed by atoms with Gasteiger partial charge in [-0.05, 0) is 49.3 Å². The van der Waals surface area contributed by atoms with Crippen molar-refractivity contribution in [2.75, 3.05) is 4.90 Å². The van der Waals surface area contributed by atoms with E-state index in [1.165, 1.54) is 0 Å². The molecule has 28 heavy (non-hydrogen) atoms. The Kier molecular flexibility index (Phi) is 5.04. The van der Waals surface area contributed by atoms with E-state index in [1.54, 1.807) is 11.3 Å². The van der Waals surface area contributed by atoms with Gasteiger partial charge in [0, 0.05) is 4.88 Å². The average Bonchev–Trinajstić information content (AvgIpc) is 3.20. The molecule has 146 valence electrons. The summed E-state index contributed by atoms with van der Waals surface area (Å²) in [5.74, 6) is 0.341. The number of anilines is 1. The number of thiophene rings is 1. The topological polar surface area (TPSA) is 109 Å². The molecule has 1 saturated carbocycles. The van der Waals surface area contributed by atoms with Crippen molar-refractivity contribution in [1.29, 1.82) is 0 Å². The third-order valence-corrected chi connectivity index (χ3v) is 6.12. The molecule has 4 rings (SSSR count). The maximum absolute atomic E-state index is 13.0. The molecule has 2 aliphatic rings. The molecule has 0 radical (unpaired) electrons. The van der Waals surface area contributed by atoms with Crippen molar-refractivity contribution >= 4 is 34.9 Å². The van der Waals surface area contributed by atoms with Crippen LogP contribution in [0.15, 0.2) is 51.8 Å². The lowest BCUT2D eigenvalue weighted by molar-refractivity contribution is 0.0951. The Labute approximate surface area is 168 Å². The smallest absolute Gasteiger partial charge is 0.253 e. The van der Waals surface area contributed by atoms with E-state index in [1.807, 2.05) is 46.7 Å². The van der Waals surface area contributed by atoms with Crippen molar-refractivity contribution in [3.05, 3.63) is 52.2 Å². The summed E-state index contributed by atoms with van der Waals surface area (Å²) in [4.78, 5) is 24.9. The third kappa shape index (κ3) is 3.47. The van der Waals surface area contributed by atoms with Gasteiger partial charge in [-0.15, -0.1) is 11.3 Å². The van der Waals surface area contributed by atoms with Gasteiger partial charge in [0.1, 0.15) is 5.66 Å². The number of hydrogen-bond acceptors (Lipinski definition) is 7. The summed E-state index contributed by atoms with van der Waals surface area (Å²) in [6.45, 7) is 0.491. The number of amides is 1. The van der Waals surface area contributed by atoms with Crippen LogP contribution in [-0.4, -0.2) is 23.5 Å². The van der Waals surface area contributed by atoms with Crippen LogP contribution in [0.5, 0.6) is 0 Å². The predicted molar refractivity (Wildman–Crippen MR) is 113 cm³/mol. The summed E-state index contributed by atoms with van der Waals surface area (Å²) in [5, 5.41) is 5.00. The van der Waals surface area contributed by atoms with Gasteiger partial charge in [-0.3, -0.25) is 9.69 Å². The van der Waals surface area contributed by atoms with Gasteiger partial charge in [0.25, 0.3) is 5.91 Å². The highest BCUT2D eigenvalue weighted by Crippen LogP contribution is 2.40. The first-order chi connectivity index (χ1) is 13.6. The first-order valence-corrected chi connectivity index (χ1v) is 10.4. The van der Waals surface area contributed by atoms with Crippen LogP contribution in [0.3, 0.4) is 0 Å². The first-order valence-electron chi connectivity index (χ1n) is 9.48. The minimum absolute atomic E-state index is 0.148. The van der Waals surface area contributed by atoms with Gasteiger partial charge in [-0.2, -0.15) is 4.99 Å². The zero-order chi connectivity index (χ0) is 19.6. The molecule has 1 aromatic heterocycles. The number of nitrogens with two attached hydrogens (primary N) is 2. The number of carbonyl (C=O) groups is 1. The quantitative estimate of drug-likeness (QED) is 0.738. The summed E-state index contributed by atoms with van der Waals surface area (Å²) < 4.78 is 0. The highest BCUT2D eigenvalue weighted by atomic mass is 32.1. The number of rotatable bonds is 4. The number of carbonyl (C=O) groups excluding carboxylic acids is 1. The summed E-state index contributed by atoms with van der Waals surface area (Å²) >= 11 is 1.61. The van der Waals surface area contributed by atoms with E-state index in [4.69, 9.17) is 16.5 Å². The van der Waals surface area contributed by atoms with Crippen LogP contribution in [0, 0.1) is 0 Å². The monoisotopic (exact) mass is 396 g/mol. The summed E-state index contributed by atoms with van der Waals surface area (Å²) in [6, 6.07) is 11.4. The van der Waals surface area contributed by atoms with E-state index in [0.29, 0.717) is 17.8 Å². The molecular formula is C20H24N6OS. The Morgan fingerprint density at radius 3 is 2.68 bits per heavy atom. The highest BCUT2D eigenvalue weighted by Gasteiger charge is 2.43. The van der Waals surface area contributed by atoms with Crippen molar-refractivity contribution in [3.63, 3.8) is 0 Å². The van der Waals surface area contributed by atoms with E-state index >= 15 is 0 Å². The van der Waals surface area contributed by atoms with E-state index in [9.17, 15) is 4.79 Å². The van der Waals surface area contributed by atoms with Crippen molar-refractivity contribution in [3.8, 4) is 0 Å². The number of para-hydroxylation sites is 1. The van der Waals surface area contributed by atoms with Crippen LogP contribution >= 0.6 is 11.3 Å². The number of benzene rings is 1. The lowest BCUT2D eigenvalue weighted by Gasteiger charge is -2.46. The Hall–Kier alpha value is -2.87. The predicted octanol–water partition coefficient (Wildman–Crippen LogP) is 2.79. The summed E-state index contributed by atoms with van der Waals surface area (Å²) in [6.07, 6.45) is 4.88. The minimum atomic E-state index is -0.571. The van der Waals surface area contributed by atoms with Crippen molar-refractivity contribution in [2.24, 2.45) is 21.5 Å². The molecule has 0 unspecified atom stereocenters.